The summed E-state index contributed by atoms with van der Waals surface area (Å²) in [6.45, 7) is 0.200. The second-order valence-corrected chi connectivity index (χ2v) is 6.15. The monoisotopic (exact) mass is 388 g/mol. The zero-order chi connectivity index (χ0) is 18.5. The van der Waals surface area contributed by atoms with Crippen molar-refractivity contribution in [3.05, 3.63) is 98.4 Å². The lowest BCUT2D eigenvalue weighted by Crippen LogP contribution is -2.32. The van der Waals surface area contributed by atoms with E-state index in [1.165, 1.54) is 12.3 Å². The van der Waals surface area contributed by atoms with E-state index >= 15 is 0 Å². The van der Waals surface area contributed by atoms with E-state index in [0.29, 0.717) is 10.7 Å². The number of nitrogens with one attached hydrogen (secondary N) is 1. The third-order valence-electron chi connectivity index (χ3n) is 3.57. The number of hydrogen-bond donors (Lipinski definition) is 1. The standard InChI is InChI=1S/C19H14Cl2N2O3/c20-15-9-4-10-16(17(15)21)22-18(24)14-8-5-11-23(19(14)25)26-12-13-6-2-1-3-7-13/h1-11H,12H2,(H,22,24). The number of pyridine rings is 1. The number of nitrogens with zero attached hydrogens (tertiary/aromatic N) is 1. The summed E-state index contributed by atoms with van der Waals surface area (Å²) in [5, 5.41) is 3.10. The minimum absolute atomic E-state index is 0.0726. The van der Waals surface area contributed by atoms with Gasteiger partial charge in [0.15, 0.2) is 0 Å². The van der Waals surface area contributed by atoms with E-state index in [2.05, 4.69) is 5.32 Å². The minimum Gasteiger partial charge on any atom is -0.406 e. The van der Waals surface area contributed by atoms with Gasteiger partial charge in [0.25, 0.3) is 11.5 Å². The van der Waals surface area contributed by atoms with E-state index in [0.717, 1.165) is 10.3 Å². The zero-order valence-electron chi connectivity index (χ0n) is 13.5. The third kappa shape index (κ3) is 4.07. The SMILES string of the molecule is O=C(Nc1cccc(Cl)c1Cl)c1cccn(OCc2ccccc2)c1=O. The fourth-order valence-corrected chi connectivity index (χ4v) is 2.61. The summed E-state index contributed by atoms with van der Waals surface area (Å²) in [6.07, 6.45) is 1.45. The molecule has 1 heterocycles. The van der Waals surface area contributed by atoms with Crippen molar-refractivity contribution >= 4 is 34.8 Å². The van der Waals surface area contributed by atoms with Crippen molar-refractivity contribution in [1.29, 1.82) is 0 Å². The molecule has 0 saturated heterocycles. The molecule has 3 rings (SSSR count). The number of carbonyl (C=O) groups excluding carboxylic acids is 1. The van der Waals surface area contributed by atoms with Crippen LogP contribution in [0.15, 0.2) is 71.7 Å². The van der Waals surface area contributed by atoms with Gasteiger partial charge in [0, 0.05) is 6.20 Å². The van der Waals surface area contributed by atoms with Crippen molar-refractivity contribution in [1.82, 2.24) is 4.73 Å². The summed E-state index contributed by atoms with van der Waals surface area (Å²) in [5.74, 6) is -0.600. The van der Waals surface area contributed by atoms with E-state index in [-0.39, 0.29) is 17.2 Å². The van der Waals surface area contributed by atoms with E-state index in [9.17, 15) is 9.59 Å². The maximum Gasteiger partial charge on any atom is 0.295 e. The summed E-state index contributed by atoms with van der Waals surface area (Å²) in [6, 6.07) is 17.2. The average Bonchev–Trinajstić information content (AvgIpc) is 2.65. The lowest BCUT2D eigenvalue weighted by Gasteiger charge is -2.11. The molecule has 0 spiro atoms. The molecule has 2 aromatic carbocycles. The highest BCUT2D eigenvalue weighted by atomic mass is 35.5. The van der Waals surface area contributed by atoms with Crippen LogP contribution in [-0.4, -0.2) is 10.6 Å². The Morgan fingerprint density at radius 1 is 1.00 bits per heavy atom. The molecular formula is C19H14Cl2N2O3. The van der Waals surface area contributed by atoms with Crippen molar-refractivity contribution in [2.24, 2.45) is 0 Å². The molecule has 0 aliphatic rings. The third-order valence-corrected chi connectivity index (χ3v) is 4.39. The second-order valence-electron chi connectivity index (χ2n) is 5.37. The molecule has 3 aromatic rings. The fourth-order valence-electron chi connectivity index (χ4n) is 2.26. The van der Waals surface area contributed by atoms with Gasteiger partial charge >= 0.3 is 0 Å². The first kappa shape index (κ1) is 18.0. The lowest BCUT2D eigenvalue weighted by molar-refractivity contribution is 0.0863. The van der Waals surface area contributed by atoms with Gasteiger partial charge in [0.1, 0.15) is 12.2 Å². The predicted octanol–water partition coefficient (Wildman–Crippen LogP) is 4.04. The molecule has 5 nitrogen and oxygen atoms in total. The van der Waals surface area contributed by atoms with E-state index in [4.69, 9.17) is 28.0 Å². The maximum absolute atomic E-state index is 12.5. The van der Waals surface area contributed by atoms with Crippen LogP contribution < -0.4 is 15.7 Å². The minimum atomic E-state index is -0.600. The van der Waals surface area contributed by atoms with Crippen molar-refractivity contribution in [2.75, 3.05) is 5.32 Å². The topological polar surface area (TPSA) is 60.3 Å². The van der Waals surface area contributed by atoms with Crippen LogP contribution in [0.25, 0.3) is 0 Å². The Labute approximate surface area is 159 Å². The first-order valence-electron chi connectivity index (χ1n) is 7.70. The molecule has 7 heteroatoms. The molecule has 0 fully saturated rings. The number of halogens is 2. The van der Waals surface area contributed by atoms with Crippen LogP contribution in [0.2, 0.25) is 10.0 Å². The van der Waals surface area contributed by atoms with Gasteiger partial charge in [-0.25, -0.2) is 0 Å². The Bertz CT molecular complexity index is 988. The fraction of sp³-hybridized carbons (Fsp3) is 0.0526. The van der Waals surface area contributed by atoms with Crippen molar-refractivity contribution in [2.45, 2.75) is 6.61 Å². The number of carbonyl (C=O) groups is 1. The smallest absolute Gasteiger partial charge is 0.295 e. The van der Waals surface area contributed by atoms with Gasteiger partial charge in [-0.3, -0.25) is 9.59 Å². The van der Waals surface area contributed by atoms with Gasteiger partial charge in [-0.15, -0.1) is 0 Å². The number of anilines is 1. The van der Waals surface area contributed by atoms with E-state index in [1.807, 2.05) is 30.3 Å². The normalized spacial score (nSPS) is 10.4. The summed E-state index contributed by atoms with van der Waals surface area (Å²) in [4.78, 5) is 30.4. The molecule has 0 saturated carbocycles. The highest BCUT2D eigenvalue weighted by Gasteiger charge is 2.15. The number of hydrogen-bond acceptors (Lipinski definition) is 3. The molecule has 1 N–H and O–H groups in total. The maximum atomic E-state index is 12.5. The second kappa shape index (κ2) is 8.08. The summed E-state index contributed by atoms with van der Waals surface area (Å²) in [5.41, 5.74) is 0.583. The van der Waals surface area contributed by atoms with Crippen LogP contribution in [0.5, 0.6) is 0 Å². The number of rotatable bonds is 5. The van der Waals surface area contributed by atoms with Gasteiger partial charge < -0.3 is 10.2 Å². The average molecular weight is 389 g/mol. The quantitative estimate of drug-likeness (QED) is 0.717. The van der Waals surface area contributed by atoms with E-state index in [1.54, 1.807) is 24.3 Å². The molecule has 132 valence electrons. The molecule has 0 atom stereocenters. The van der Waals surface area contributed by atoms with Crippen molar-refractivity contribution in [3.63, 3.8) is 0 Å². The Morgan fingerprint density at radius 2 is 1.77 bits per heavy atom. The van der Waals surface area contributed by atoms with Crippen LogP contribution in [0.1, 0.15) is 15.9 Å². The number of benzene rings is 2. The molecular weight excluding hydrogens is 375 g/mol. The molecule has 26 heavy (non-hydrogen) atoms. The lowest BCUT2D eigenvalue weighted by atomic mass is 10.2. The van der Waals surface area contributed by atoms with Gasteiger partial charge in [-0.2, -0.15) is 4.73 Å². The molecule has 0 aliphatic carbocycles. The number of aromatic nitrogens is 1. The molecule has 0 bridgehead atoms. The highest BCUT2D eigenvalue weighted by Crippen LogP contribution is 2.29. The summed E-state index contributed by atoms with van der Waals surface area (Å²) < 4.78 is 1.03. The van der Waals surface area contributed by atoms with Crippen LogP contribution in [0, 0.1) is 0 Å². The van der Waals surface area contributed by atoms with Gasteiger partial charge in [0.2, 0.25) is 0 Å². The highest BCUT2D eigenvalue weighted by molar-refractivity contribution is 6.44. The summed E-state index contributed by atoms with van der Waals surface area (Å²) in [7, 11) is 0. The van der Waals surface area contributed by atoms with Crippen LogP contribution in [-0.2, 0) is 6.61 Å². The van der Waals surface area contributed by atoms with Crippen LogP contribution in [0.4, 0.5) is 5.69 Å². The predicted molar refractivity (Wildman–Crippen MR) is 102 cm³/mol. The Balaban J connectivity index is 1.79. The molecule has 0 unspecified atom stereocenters. The van der Waals surface area contributed by atoms with Gasteiger partial charge in [-0.1, -0.05) is 59.6 Å². The van der Waals surface area contributed by atoms with Crippen molar-refractivity contribution in [3.8, 4) is 0 Å². The van der Waals surface area contributed by atoms with Gasteiger partial charge in [-0.05, 0) is 29.8 Å². The zero-order valence-corrected chi connectivity index (χ0v) is 15.0. The molecule has 0 aliphatic heterocycles. The van der Waals surface area contributed by atoms with Crippen molar-refractivity contribution < 1.29 is 9.63 Å². The molecule has 1 amide bonds. The first-order chi connectivity index (χ1) is 12.6. The van der Waals surface area contributed by atoms with Crippen LogP contribution >= 0.6 is 23.2 Å². The number of amides is 1. The molecule has 1 aromatic heterocycles. The Kier molecular flexibility index (Phi) is 5.61. The Morgan fingerprint density at radius 3 is 2.54 bits per heavy atom. The van der Waals surface area contributed by atoms with Crippen LogP contribution in [0.3, 0.4) is 0 Å². The largest absolute Gasteiger partial charge is 0.406 e. The van der Waals surface area contributed by atoms with Gasteiger partial charge in [0.05, 0.1) is 15.7 Å². The summed E-state index contributed by atoms with van der Waals surface area (Å²) >= 11 is 12.0. The first-order valence-corrected chi connectivity index (χ1v) is 8.46. The van der Waals surface area contributed by atoms with E-state index < -0.39 is 11.5 Å². The molecule has 0 radical (unpaired) electrons. The Hall–Kier alpha value is -2.76.